The first-order chi connectivity index (χ1) is 9.56. The Morgan fingerprint density at radius 3 is 2.70 bits per heavy atom. The van der Waals surface area contributed by atoms with Gasteiger partial charge in [-0.05, 0) is 25.3 Å². The fourth-order valence-electron chi connectivity index (χ4n) is 2.44. The van der Waals surface area contributed by atoms with Gasteiger partial charge in [0.15, 0.2) is 5.82 Å². The number of carbonyl (C=O) groups is 1. The maximum Gasteiger partial charge on any atom is 0.272 e. The molecule has 1 heterocycles. The third-order valence-corrected chi connectivity index (χ3v) is 3.65. The number of non-ortho nitro benzene ring substituents is 1. The fourth-order valence-corrected chi connectivity index (χ4v) is 2.44. The van der Waals surface area contributed by atoms with Gasteiger partial charge in [-0.1, -0.05) is 0 Å². The molecule has 1 aliphatic heterocycles. The molecule has 1 N–H and O–H groups in total. The molecule has 0 bridgehead atoms. The summed E-state index contributed by atoms with van der Waals surface area (Å²) < 4.78 is 13.9. The molecule has 1 unspecified atom stereocenters. The highest BCUT2D eigenvalue weighted by molar-refractivity contribution is 5.99. The molecule has 1 saturated carbocycles. The number of nitro benzene ring substituents is 1. The van der Waals surface area contributed by atoms with Crippen molar-refractivity contribution < 1.29 is 14.1 Å². The standard InChI is InChI=1S/C13H14FN3O3/c14-10-7-9(17(19)20)3-4-12(10)16-6-5-11(13(16)18)15-8-1-2-8/h3-4,7-8,11,15H,1-2,5-6H2. The first-order valence-electron chi connectivity index (χ1n) is 6.57. The number of carbonyl (C=O) groups excluding carboxylic acids is 1. The van der Waals surface area contributed by atoms with E-state index in [1.54, 1.807) is 0 Å². The van der Waals surface area contributed by atoms with E-state index in [1.807, 2.05) is 0 Å². The van der Waals surface area contributed by atoms with Crippen LogP contribution in [0.3, 0.4) is 0 Å². The number of rotatable bonds is 4. The van der Waals surface area contributed by atoms with Gasteiger partial charge in [-0.25, -0.2) is 4.39 Å². The van der Waals surface area contributed by atoms with Gasteiger partial charge in [0.25, 0.3) is 5.69 Å². The van der Waals surface area contributed by atoms with E-state index in [1.165, 1.54) is 17.0 Å². The summed E-state index contributed by atoms with van der Waals surface area (Å²) in [7, 11) is 0. The average molecular weight is 279 g/mol. The summed E-state index contributed by atoms with van der Waals surface area (Å²) in [6, 6.07) is 3.50. The smallest absolute Gasteiger partial charge is 0.272 e. The summed E-state index contributed by atoms with van der Waals surface area (Å²) in [5, 5.41) is 13.8. The van der Waals surface area contributed by atoms with E-state index in [9.17, 15) is 19.3 Å². The van der Waals surface area contributed by atoms with Crippen molar-refractivity contribution in [2.45, 2.75) is 31.3 Å². The molecule has 1 aromatic rings. The lowest BCUT2D eigenvalue weighted by atomic mass is 10.2. The summed E-state index contributed by atoms with van der Waals surface area (Å²) in [6.07, 6.45) is 2.79. The van der Waals surface area contributed by atoms with E-state index in [2.05, 4.69) is 5.32 Å². The molecule has 3 rings (SSSR count). The predicted octanol–water partition coefficient (Wildman–Crippen LogP) is 1.59. The van der Waals surface area contributed by atoms with Crippen molar-refractivity contribution in [3.05, 3.63) is 34.1 Å². The highest BCUT2D eigenvalue weighted by Crippen LogP contribution is 2.29. The van der Waals surface area contributed by atoms with Gasteiger partial charge >= 0.3 is 0 Å². The Morgan fingerprint density at radius 1 is 1.35 bits per heavy atom. The van der Waals surface area contributed by atoms with E-state index in [0.29, 0.717) is 19.0 Å². The van der Waals surface area contributed by atoms with Crippen LogP contribution in [0.4, 0.5) is 15.8 Å². The molecule has 1 atom stereocenters. The number of halogens is 1. The molecule has 0 aromatic heterocycles. The fraction of sp³-hybridized carbons (Fsp3) is 0.462. The number of nitrogens with one attached hydrogen (secondary N) is 1. The zero-order valence-electron chi connectivity index (χ0n) is 10.7. The number of nitro groups is 1. The third-order valence-electron chi connectivity index (χ3n) is 3.65. The lowest BCUT2D eigenvalue weighted by Gasteiger charge is -2.17. The molecule has 0 spiro atoms. The topological polar surface area (TPSA) is 75.5 Å². The molecule has 1 amide bonds. The van der Waals surface area contributed by atoms with Crippen molar-refractivity contribution in [3.63, 3.8) is 0 Å². The van der Waals surface area contributed by atoms with Crippen molar-refractivity contribution >= 4 is 17.3 Å². The minimum Gasteiger partial charge on any atom is -0.308 e. The summed E-state index contributed by atoms with van der Waals surface area (Å²) in [5.74, 6) is -0.899. The summed E-state index contributed by atoms with van der Waals surface area (Å²) in [6.45, 7) is 0.429. The molecule has 20 heavy (non-hydrogen) atoms. The second-order valence-corrected chi connectivity index (χ2v) is 5.16. The molecular formula is C13H14FN3O3. The number of nitrogens with zero attached hydrogens (tertiary/aromatic N) is 2. The Kier molecular flexibility index (Phi) is 3.13. The van der Waals surface area contributed by atoms with Gasteiger partial charge in [0.1, 0.15) is 0 Å². The lowest BCUT2D eigenvalue weighted by molar-refractivity contribution is -0.385. The van der Waals surface area contributed by atoms with E-state index < -0.39 is 10.7 Å². The maximum absolute atomic E-state index is 13.9. The van der Waals surface area contributed by atoms with Gasteiger partial charge < -0.3 is 10.2 Å². The van der Waals surface area contributed by atoms with Crippen molar-refractivity contribution in [1.82, 2.24) is 5.32 Å². The quantitative estimate of drug-likeness (QED) is 0.671. The largest absolute Gasteiger partial charge is 0.308 e. The summed E-state index contributed by atoms with van der Waals surface area (Å²) in [5.41, 5.74) is -0.203. The van der Waals surface area contributed by atoms with E-state index in [4.69, 9.17) is 0 Å². The number of hydrogen-bond acceptors (Lipinski definition) is 4. The molecule has 106 valence electrons. The van der Waals surface area contributed by atoms with Crippen LogP contribution in [0, 0.1) is 15.9 Å². The molecule has 6 nitrogen and oxygen atoms in total. The third kappa shape index (κ3) is 2.36. The van der Waals surface area contributed by atoms with Crippen LogP contribution in [0.25, 0.3) is 0 Å². The van der Waals surface area contributed by atoms with Crippen molar-refractivity contribution in [2.75, 3.05) is 11.4 Å². The second kappa shape index (κ2) is 4.82. The minimum atomic E-state index is -0.736. The van der Waals surface area contributed by atoms with Gasteiger partial charge in [-0.2, -0.15) is 0 Å². The van der Waals surface area contributed by atoms with Gasteiger partial charge in [-0.3, -0.25) is 14.9 Å². The number of benzene rings is 1. The molecule has 1 saturated heterocycles. The van der Waals surface area contributed by atoms with Gasteiger partial charge in [-0.15, -0.1) is 0 Å². The number of hydrogen-bond donors (Lipinski definition) is 1. The van der Waals surface area contributed by atoms with Gasteiger partial charge in [0.2, 0.25) is 5.91 Å². The monoisotopic (exact) mass is 279 g/mol. The molecular weight excluding hydrogens is 265 g/mol. The Labute approximate surface area is 114 Å². The number of anilines is 1. The van der Waals surface area contributed by atoms with Crippen molar-refractivity contribution in [2.24, 2.45) is 0 Å². The molecule has 7 heteroatoms. The second-order valence-electron chi connectivity index (χ2n) is 5.16. The Bertz CT molecular complexity index is 574. The highest BCUT2D eigenvalue weighted by Gasteiger charge is 2.37. The van der Waals surface area contributed by atoms with Crippen LogP contribution in [0.15, 0.2) is 18.2 Å². The number of amides is 1. The lowest BCUT2D eigenvalue weighted by Crippen LogP contribution is -2.39. The Hall–Kier alpha value is -2.02. The van der Waals surface area contributed by atoms with E-state index >= 15 is 0 Å². The SMILES string of the molecule is O=C1C(NC2CC2)CCN1c1ccc([N+](=O)[O-])cc1F. The van der Waals surface area contributed by atoms with E-state index in [0.717, 1.165) is 18.9 Å². The van der Waals surface area contributed by atoms with Crippen LogP contribution in [-0.4, -0.2) is 29.5 Å². The molecule has 1 aliphatic carbocycles. The normalized spacial score (nSPS) is 22.4. The van der Waals surface area contributed by atoms with Crippen LogP contribution in [0.2, 0.25) is 0 Å². The van der Waals surface area contributed by atoms with Gasteiger partial charge in [0, 0.05) is 18.7 Å². The Balaban J connectivity index is 1.79. The van der Waals surface area contributed by atoms with E-state index in [-0.39, 0.29) is 23.3 Å². The molecule has 2 aliphatic rings. The summed E-state index contributed by atoms with van der Waals surface area (Å²) in [4.78, 5) is 23.5. The Morgan fingerprint density at radius 2 is 2.10 bits per heavy atom. The summed E-state index contributed by atoms with van der Waals surface area (Å²) >= 11 is 0. The minimum absolute atomic E-state index is 0.112. The maximum atomic E-state index is 13.9. The average Bonchev–Trinajstić information content (AvgIpc) is 3.15. The van der Waals surface area contributed by atoms with Crippen molar-refractivity contribution in [1.29, 1.82) is 0 Å². The van der Waals surface area contributed by atoms with Crippen LogP contribution < -0.4 is 10.2 Å². The molecule has 2 fully saturated rings. The van der Waals surface area contributed by atoms with Crippen LogP contribution in [0.1, 0.15) is 19.3 Å². The van der Waals surface area contributed by atoms with Gasteiger partial charge in [0.05, 0.1) is 22.7 Å². The molecule has 1 aromatic carbocycles. The first kappa shape index (κ1) is 13.0. The van der Waals surface area contributed by atoms with Crippen LogP contribution in [-0.2, 0) is 4.79 Å². The molecule has 0 radical (unpaired) electrons. The first-order valence-corrected chi connectivity index (χ1v) is 6.57. The zero-order valence-corrected chi connectivity index (χ0v) is 10.7. The highest BCUT2D eigenvalue weighted by atomic mass is 19.1. The zero-order chi connectivity index (χ0) is 14.3. The van der Waals surface area contributed by atoms with Crippen LogP contribution in [0.5, 0.6) is 0 Å². The van der Waals surface area contributed by atoms with Crippen LogP contribution >= 0.6 is 0 Å². The van der Waals surface area contributed by atoms with Crippen molar-refractivity contribution in [3.8, 4) is 0 Å². The predicted molar refractivity (Wildman–Crippen MR) is 70.0 cm³/mol.